The van der Waals surface area contributed by atoms with E-state index in [4.69, 9.17) is 4.74 Å². The second-order valence-electron chi connectivity index (χ2n) is 3.41. The van der Waals surface area contributed by atoms with E-state index in [0.717, 1.165) is 12.1 Å². The summed E-state index contributed by atoms with van der Waals surface area (Å²) in [5.41, 5.74) is 0.327. The van der Waals surface area contributed by atoms with Crippen molar-refractivity contribution in [3.63, 3.8) is 0 Å². The number of nitrogens with one attached hydrogen (secondary N) is 1. The molecule has 3 nitrogen and oxygen atoms in total. The molecule has 0 saturated carbocycles. The number of morpholine rings is 1. The summed E-state index contributed by atoms with van der Waals surface area (Å²) < 4.78 is 30.9. The number of aromatic hydroxyl groups is 1. The maximum atomic E-state index is 13.0. The molecule has 1 aromatic carbocycles. The number of benzene rings is 1. The average Bonchev–Trinajstić information content (AvgIpc) is 2.25. The number of hydrogen-bond donors (Lipinski definition) is 2. The van der Waals surface area contributed by atoms with Gasteiger partial charge in [0.05, 0.1) is 19.3 Å². The van der Waals surface area contributed by atoms with Crippen LogP contribution in [0.2, 0.25) is 0 Å². The summed E-state index contributed by atoms with van der Waals surface area (Å²) in [5, 5.41) is 12.5. The Hall–Kier alpha value is -1.20. The van der Waals surface area contributed by atoms with Gasteiger partial charge < -0.3 is 15.2 Å². The summed E-state index contributed by atoms with van der Waals surface area (Å²) in [6.07, 6.45) is 0. The van der Waals surface area contributed by atoms with Gasteiger partial charge in [0.1, 0.15) is 5.75 Å². The van der Waals surface area contributed by atoms with E-state index in [-0.39, 0.29) is 11.8 Å². The molecule has 2 rings (SSSR count). The fourth-order valence-electron chi connectivity index (χ4n) is 1.60. The lowest BCUT2D eigenvalue weighted by atomic mass is 10.1. The fraction of sp³-hybridized carbons (Fsp3) is 0.400. The van der Waals surface area contributed by atoms with Gasteiger partial charge in [0, 0.05) is 18.2 Å². The molecule has 82 valence electrons. The lowest BCUT2D eigenvalue weighted by Gasteiger charge is -2.24. The molecule has 2 N–H and O–H groups in total. The Balaban J connectivity index is 2.30. The molecular formula is C10H11F2NO2. The van der Waals surface area contributed by atoms with Crippen molar-refractivity contribution in [3.8, 4) is 5.75 Å². The molecule has 1 atom stereocenters. The van der Waals surface area contributed by atoms with E-state index in [2.05, 4.69) is 5.32 Å². The van der Waals surface area contributed by atoms with Crippen LogP contribution in [-0.2, 0) is 4.74 Å². The van der Waals surface area contributed by atoms with Crippen LogP contribution in [0.4, 0.5) is 8.78 Å². The molecule has 1 aliphatic rings. The van der Waals surface area contributed by atoms with Gasteiger partial charge in [0.25, 0.3) is 0 Å². The molecule has 0 spiro atoms. The Morgan fingerprint density at radius 1 is 1.33 bits per heavy atom. The summed E-state index contributed by atoms with van der Waals surface area (Å²) in [7, 11) is 0. The molecule has 1 unspecified atom stereocenters. The third-order valence-electron chi connectivity index (χ3n) is 2.37. The third kappa shape index (κ3) is 2.08. The smallest absolute Gasteiger partial charge is 0.162 e. The molecule has 1 fully saturated rings. The van der Waals surface area contributed by atoms with Crippen molar-refractivity contribution in [2.24, 2.45) is 0 Å². The van der Waals surface area contributed by atoms with Crippen molar-refractivity contribution in [1.82, 2.24) is 5.32 Å². The zero-order chi connectivity index (χ0) is 10.8. The van der Waals surface area contributed by atoms with Crippen molar-refractivity contribution in [3.05, 3.63) is 29.3 Å². The molecule has 1 heterocycles. The molecular weight excluding hydrogens is 204 g/mol. The lowest BCUT2D eigenvalue weighted by Crippen LogP contribution is -2.34. The Morgan fingerprint density at radius 3 is 2.73 bits per heavy atom. The third-order valence-corrected chi connectivity index (χ3v) is 2.37. The molecule has 0 bridgehead atoms. The zero-order valence-electron chi connectivity index (χ0n) is 7.96. The minimum atomic E-state index is -1.05. The van der Waals surface area contributed by atoms with Crippen molar-refractivity contribution in [2.45, 2.75) is 6.04 Å². The van der Waals surface area contributed by atoms with Crippen LogP contribution in [0.25, 0.3) is 0 Å². The topological polar surface area (TPSA) is 41.5 Å². The number of halogens is 2. The van der Waals surface area contributed by atoms with Crippen LogP contribution in [0.5, 0.6) is 5.75 Å². The number of phenolic OH excluding ortho intramolecular Hbond substituents is 1. The highest BCUT2D eigenvalue weighted by Gasteiger charge is 2.20. The highest BCUT2D eigenvalue weighted by atomic mass is 19.2. The molecule has 0 aromatic heterocycles. The van der Waals surface area contributed by atoms with Gasteiger partial charge in [-0.2, -0.15) is 0 Å². The fourth-order valence-corrected chi connectivity index (χ4v) is 1.60. The summed E-state index contributed by atoms with van der Waals surface area (Å²) >= 11 is 0. The molecule has 1 aromatic rings. The number of rotatable bonds is 1. The molecule has 1 aliphatic heterocycles. The first kappa shape index (κ1) is 10.3. The first-order valence-corrected chi connectivity index (χ1v) is 4.67. The Bertz CT molecular complexity index is 365. The van der Waals surface area contributed by atoms with Crippen molar-refractivity contribution < 1.29 is 18.6 Å². The van der Waals surface area contributed by atoms with Gasteiger partial charge in [-0.1, -0.05) is 0 Å². The van der Waals surface area contributed by atoms with E-state index in [1.807, 2.05) is 0 Å². The SMILES string of the molecule is Oc1cc(F)c(F)cc1C1COCCN1. The highest BCUT2D eigenvalue weighted by molar-refractivity contribution is 5.36. The summed E-state index contributed by atoms with van der Waals surface area (Å²) in [6.45, 7) is 1.56. The van der Waals surface area contributed by atoms with Crippen LogP contribution >= 0.6 is 0 Å². The van der Waals surface area contributed by atoms with Gasteiger partial charge >= 0.3 is 0 Å². The standard InChI is InChI=1S/C10H11F2NO2/c11-7-3-6(10(14)4-8(7)12)9-5-15-2-1-13-9/h3-4,9,13-14H,1-2,5H2. The van der Waals surface area contributed by atoms with Gasteiger partial charge in [-0.05, 0) is 6.07 Å². The first-order chi connectivity index (χ1) is 7.18. The monoisotopic (exact) mass is 215 g/mol. The van der Waals surface area contributed by atoms with Crippen LogP contribution in [0.3, 0.4) is 0 Å². The van der Waals surface area contributed by atoms with E-state index in [9.17, 15) is 13.9 Å². The zero-order valence-corrected chi connectivity index (χ0v) is 7.96. The van der Waals surface area contributed by atoms with Crippen molar-refractivity contribution >= 4 is 0 Å². The minimum absolute atomic E-state index is 0.253. The van der Waals surface area contributed by atoms with Crippen LogP contribution < -0.4 is 5.32 Å². The van der Waals surface area contributed by atoms with Crippen LogP contribution in [-0.4, -0.2) is 24.9 Å². The number of hydrogen-bond acceptors (Lipinski definition) is 3. The second kappa shape index (κ2) is 4.12. The predicted octanol–water partition coefficient (Wildman–Crippen LogP) is 1.33. The Kier molecular flexibility index (Phi) is 2.83. The van der Waals surface area contributed by atoms with E-state index < -0.39 is 11.6 Å². The van der Waals surface area contributed by atoms with Gasteiger partial charge in [-0.15, -0.1) is 0 Å². The van der Waals surface area contributed by atoms with Crippen molar-refractivity contribution in [2.75, 3.05) is 19.8 Å². The quantitative estimate of drug-likeness (QED) is 0.742. The highest BCUT2D eigenvalue weighted by Crippen LogP contribution is 2.27. The normalized spacial score (nSPS) is 21.6. The van der Waals surface area contributed by atoms with Crippen LogP contribution in [0.15, 0.2) is 12.1 Å². The van der Waals surface area contributed by atoms with Crippen LogP contribution in [0.1, 0.15) is 11.6 Å². The Labute approximate surface area is 85.7 Å². The van der Waals surface area contributed by atoms with Gasteiger partial charge in [0.2, 0.25) is 0 Å². The first-order valence-electron chi connectivity index (χ1n) is 4.67. The molecule has 0 radical (unpaired) electrons. The molecule has 5 heteroatoms. The maximum Gasteiger partial charge on any atom is 0.162 e. The van der Waals surface area contributed by atoms with E-state index in [1.165, 1.54) is 0 Å². The molecule has 1 saturated heterocycles. The number of phenols is 1. The van der Waals surface area contributed by atoms with Crippen molar-refractivity contribution in [1.29, 1.82) is 0 Å². The van der Waals surface area contributed by atoms with Gasteiger partial charge in [-0.25, -0.2) is 8.78 Å². The molecule has 0 aliphatic carbocycles. The Morgan fingerprint density at radius 2 is 2.07 bits per heavy atom. The summed E-state index contributed by atoms with van der Waals surface area (Å²) in [5.74, 6) is -2.26. The minimum Gasteiger partial charge on any atom is -0.507 e. The number of ether oxygens (including phenoxy) is 1. The second-order valence-corrected chi connectivity index (χ2v) is 3.41. The molecule has 0 amide bonds. The lowest BCUT2D eigenvalue weighted by molar-refractivity contribution is 0.0759. The average molecular weight is 215 g/mol. The van der Waals surface area contributed by atoms with E-state index >= 15 is 0 Å². The molecule has 15 heavy (non-hydrogen) atoms. The van der Waals surface area contributed by atoms with Gasteiger partial charge in [-0.3, -0.25) is 0 Å². The maximum absolute atomic E-state index is 13.0. The summed E-state index contributed by atoms with van der Waals surface area (Å²) in [6, 6.07) is 1.49. The van der Waals surface area contributed by atoms with E-state index in [0.29, 0.717) is 25.3 Å². The predicted molar refractivity (Wildman–Crippen MR) is 49.6 cm³/mol. The van der Waals surface area contributed by atoms with Crippen LogP contribution in [0, 0.1) is 11.6 Å². The summed E-state index contributed by atoms with van der Waals surface area (Å²) in [4.78, 5) is 0. The van der Waals surface area contributed by atoms with E-state index in [1.54, 1.807) is 0 Å². The van der Waals surface area contributed by atoms with Gasteiger partial charge in [0.15, 0.2) is 11.6 Å². The largest absolute Gasteiger partial charge is 0.507 e.